The normalized spacial score (nSPS) is 16.9. The summed E-state index contributed by atoms with van der Waals surface area (Å²) in [5.41, 5.74) is 0.751. The zero-order valence-corrected chi connectivity index (χ0v) is 12.1. The number of nitrogens with one attached hydrogen (secondary N) is 1. The van der Waals surface area contributed by atoms with Gasteiger partial charge in [-0.25, -0.2) is 8.78 Å². The quantitative estimate of drug-likeness (QED) is 0.864. The summed E-state index contributed by atoms with van der Waals surface area (Å²) in [4.78, 5) is 2.20. The predicted octanol–water partition coefficient (Wildman–Crippen LogP) is 2.94. The minimum absolute atomic E-state index is 0. The third kappa shape index (κ3) is 4.42. The molecule has 0 saturated carbocycles. The lowest BCUT2D eigenvalue weighted by Crippen LogP contribution is -2.44. The Hall–Kier alpha value is -0.680. The van der Waals surface area contributed by atoms with Gasteiger partial charge in [0.1, 0.15) is 0 Å². The maximum absolute atomic E-state index is 13.2. The van der Waals surface area contributed by atoms with Crippen LogP contribution in [0.2, 0.25) is 0 Å². The van der Waals surface area contributed by atoms with Crippen LogP contribution in [0.4, 0.5) is 8.78 Å². The molecule has 19 heavy (non-hydrogen) atoms. The first-order chi connectivity index (χ1) is 8.22. The van der Waals surface area contributed by atoms with Crippen LogP contribution in [0.3, 0.4) is 0 Å². The Morgan fingerprint density at radius 1 is 1.16 bits per heavy atom. The number of benzene rings is 1. The van der Waals surface area contributed by atoms with Gasteiger partial charge in [-0.05, 0) is 17.7 Å². The predicted molar refractivity (Wildman–Crippen MR) is 78.2 cm³/mol. The molecule has 108 valence electrons. The fraction of sp³-hybridized carbons (Fsp3) is 0.385. The Kier molecular flexibility index (Phi) is 8.18. The van der Waals surface area contributed by atoms with Crippen molar-refractivity contribution >= 4 is 24.8 Å². The molecule has 1 aliphatic heterocycles. The Morgan fingerprint density at radius 2 is 1.79 bits per heavy atom. The first kappa shape index (κ1) is 18.3. The first-order valence-electron chi connectivity index (χ1n) is 5.74. The second-order valence-corrected chi connectivity index (χ2v) is 4.14. The molecule has 0 aromatic heterocycles. The second kappa shape index (κ2) is 8.48. The van der Waals surface area contributed by atoms with E-state index in [-0.39, 0.29) is 30.9 Å². The lowest BCUT2D eigenvalue weighted by atomic mass is 10.0. The van der Waals surface area contributed by atoms with E-state index < -0.39 is 11.6 Å². The van der Waals surface area contributed by atoms with Gasteiger partial charge < -0.3 is 5.32 Å². The Balaban J connectivity index is 0.00000162. The van der Waals surface area contributed by atoms with Gasteiger partial charge in [0.2, 0.25) is 0 Å². The molecule has 1 saturated heterocycles. The Labute approximate surface area is 124 Å². The average molecular weight is 311 g/mol. The van der Waals surface area contributed by atoms with Gasteiger partial charge in [-0.2, -0.15) is 0 Å². The summed E-state index contributed by atoms with van der Waals surface area (Å²) in [6.45, 7) is 7.38. The highest BCUT2D eigenvalue weighted by Crippen LogP contribution is 2.23. The summed E-state index contributed by atoms with van der Waals surface area (Å²) in [6, 6.07) is 3.99. The molecule has 0 radical (unpaired) electrons. The van der Waals surface area contributed by atoms with E-state index in [2.05, 4.69) is 16.8 Å². The Bertz CT molecular complexity index is 410. The Morgan fingerprint density at radius 3 is 2.32 bits per heavy atom. The van der Waals surface area contributed by atoms with Gasteiger partial charge in [0.25, 0.3) is 0 Å². The van der Waals surface area contributed by atoms with Crippen molar-refractivity contribution in [1.82, 2.24) is 10.2 Å². The van der Waals surface area contributed by atoms with Gasteiger partial charge in [-0.15, -0.1) is 31.4 Å². The molecule has 1 fully saturated rings. The van der Waals surface area contributed by atoms with Crippen molar-refractivity contribution in [2.75, 3.05) is 26.2 Å². The SMILES string of the molecule is C=C[C@H](c1ccc(F)c(F)c1)N1CCNCC1.Cl.Cl. The molecule has 1 heterocycles. The molecule has 0 spiro atoms. The van der Waals surface area contributed by atoms with Crippen LogP contribution in [-0.2, 0) is 0 Å². The van der Waals surface area contributed by atoms with Crippen LogP contribution in [0.1, 0.15) is 11.6 Å². The van der Waals surface area contributed by atoms with Crippen molar-refractivity contribution in [3.8, 4) is 0 Å². The zero-order valence-electron chi connectivity index (χ0n) is 10.4. The molecule has 0 amide bonds. The van der Waals surface area contributed by atoms with Crippen molar-refractivity contribution in [2.24, 2.45) is 0 Å². The summed E-state index contributed by atoms with van der Waals surface area (Å²) >= 11 is 0. The topological polar surface area (TPSA) is 15.3 Å². The van der Waals surface area contributed by atoms with Crippen LogP contribution in [-0.4, -0.2) is 31.1 Å². The van der Waals surface area contributed by atoms with Crippen LogP contribution in [0.5, 0.6) is 0 Å². The molecule has 0 aliphatic carbocycles. The van der Waals surface area contributed by atoms with Gasteiger partial charge in [0.05, 0.1) is 6.04 Å². The lowest BCUT2D eigenvalue weighted by Gasteiger charge is -2.33. The first-order valence-corrected chi connectivity index (χ1v) is 5.74. The monoisotopic (exact) mass is 310 g/mol. The van der Waals surface area contributed by atoms with E-state index in [1.54, 1.807) is 12.1 Å². The minimum atomic E-state index is -0.808. The molecule has 0 unspecified atom stereocenters. The zero-order chi connectivity index (χ0) is 12.3. The third-order valence-electron chi connectivity index (χ3n) is 3.05. The second-order valence-electron chi connectivity index (χ2n) is 4.14. The molecule has 1 aliphatic rings. The molecule has 2 rings (SSSR count). The summed E-state index contributed by atoms with van der Waals surface area (Å²) in [5, 5.41) is 3.26. The van der Waals surface area contributed by atoms with Crippen LogP contribution < -0.4 is 5.32 Å². The highest BCUT2D eigenvalue weighted by Gasteiger charge is 2.20. The van der Waals surface area contributed by atoms with E-state index >= 15 is 0 Å². The average Bonchev–Trinajstić information content (AvgIpc) is 2.36. The standard InChI is InChI=1S/C13H16F2N2.2ClH/c1-2-13(17-7-5-16-6-8-17)10-3-4-11(14)12(15)9-10;;/h2-4,9,13,16H,1,5-8H2;2*1H/t13-;;/m1../s1. The fourth-order valence-electron chi connectivity index (χ4n) is 2.15. The molecule has 1 atom stereocenters. The number of halogens is 4. The van der Waals surface area contributed by atoms with Crippen molar-refractivity contribution in [1.29, 1.82) is 0 Å². The third-order valence-corrected chi connectivity index (χ3v) is 3.05. The number of nitrogens with zero attached hydrogens (tertiary/aromatic N) is 1. The molecule has 1 N–H and O–H groups in total. The maximum atomic E-state index is 13.2. The van der Waals surface area contributed by atoms with Gasteiger partial charge in [0.15, 0.2) is 11.6 Å². The van der Waals surface area contributed by atoms with Gasteiger partial charge in [-0.3, -0.25) is 4.90 Å². The van der Waals surface area contributed by atoms with E-state index in [4.69, 9.17) is 0 Å². The van der Waals surface area contributed by atoms with Crippen molar-refractivity contribution < 1.29 is 8.78 Å². The van der Waals surface area contributed by atoms with E-state index in [0.29, 0.717) is 0 Å². The van der Waals surface area contributed by atoms with Crippen LogP contribution in [0.15, 0.2) is 30.9 Å². The number of hydrogen-bond donors (Lipinski definition) is 1. The smallest absolute Gasteiger partial charge is 0.159 e. The van der Waals surface area contributed by atoms with Crippen LogP contribution in [0, 0.1) is 11.6 Å². The summed E-state index contributed by atoms with van der Waals surface area (Å²) < 4.78 is 26.1. The maximum Gasteiger partial charge on any atom is 0.159 e. The van der Waals surface area contributed by atoms with Crippen LogP contribution in [0.25, 0.3) is 0 Å². The largest absolute Gasteiger partial charge is 0.314 e. The summed E-state index contributed by atoms with van der Waals surface area (Å²) in [5.74, 6) is -1.61. The van der Waals surface area contributed by atoms with Crippen LogP contribution >= 0.6 is 24.8 Å². The lowest BCUT2D eigenvalue weighted by molar-refractivity contribution is 0.203. The van der Waals surface area contributed by atoms with E-state index in [9.17, 15) is 8.78 Å². The van der Waals surface area contributed by atoms with E-state index in [1.165, 1.54) is 12.1 Å². The number of piperazine rings is 1. The number of hydrogen-bond acceptors (Lipinski definition) is 2. The molecule has 1 aromatic rings. The van der Waals surface area contributed by atoms with Crippen molar-refractivity contribution in [2.45, 2.75) is 6.04 Å². The molecule has 0 bridgehead atoms. The summed E-state index contributed by atoms with van der Waals surface area (Å²) in [7, 11) is 0. The van der Waals surface area contributed by atoms with Crippen molar-refractivity contribution in [3.05, 3.63) is 48.1 Å². The fourth-order valence-corrected chi connectivity index (χ4v) is 2.15. The van der Waals surface area contributed by atoms with E-state index in [1.807, 2.05) is 0 Å². The molecular weight excluding hydrogens is 293 g/mol. The molecule has 1 aromatic carbocycles. The molecular formula is C13H18Cl2F2N2. The summed E-state index contributed by atoms with van der Waals surface area (Å²) in [6.07, 6.45) is 1.78. The van der Waals surface area contributed by atoms with Gasteiger partial charge in [-0.1, -0.05) is 12.1 Å². The van der Waals surface area contributed by atoms with Crippen molar-refractivity contribution in [3.63, 3.8) is 0 Å². The highest BCUT2D eigenvalue weighted by atomic mass is 35.5. The molecule has 2 nitrogen and oxygen atoms in total. The van der Waals surface area contributed by atoms with Gasteiger partial charge in [0, 0.05) is 26.2 Å². The highest BCUT2D eigenvalue weighted by molar-refractivity contribution is 5.85. The number of rotatable bonds is 3. The van der Waals surface area contributed by atoms with E-state index in [0.717, 1.165) is 31.7 Å². The minimum Gasteiger partial charge on any atom is -0.314 e. The molecule has 6 heteroatoms. The van der Waals surface area contributed by atoms with Gasteiger partial charge >= 0.3 is 0 Å².